The van der Waals surface area contributed by atoms with Crippen molar-refractivity contribution in [2.75, 3.05) is 4.72 Å². The highest BCUT2D eigenvalue weighted by molar-refractivity contribution is 7.92. The normalized spacial score (nSPS) is 12.0. The number of fused-ring (bicyclic) bond motifs is 1. The van der Waals surface area contributed by atoms with Crippen LogP contribution in [0.2, 0.25) is 5.02 Å². The van der Waals surface area contributed by atoms with Gasteiger partial charge in [-0.15, -0.1) is 0 Å². The van der Waals surface area contributed by atoms with Gasteiger partial charge in [-0.3, -0.25) is 14.4 Å². The fourth-order valence-corrected chi connectivity index (χ4v) is 4.71. The monoisotopic (exact) mass is 537 g/mol. The number of halogens is 1. The fraction of sp³-hybridized carbons (Fsp3) is 0.0800. The number of nitrogens with two attached hydrogens (primary N) is 1. The van der Waals surface area contributed by atoms with Crippen LogP contribution in [0.4, 0.5) is 5.95 Å². The molecule has 1 heterocycles. The van der Waals surface area contributed by atoms with E-state index in [0.717, 1.165) is 11.6 Å². The molecule has 0 fully saturated rings. The van der Waals surface area contributed by atoms with Crippen LogP contribution in [0.25, 0.3) is 10.8 Å². The summed E-state index contributed by atoms with van der Waals surface area (Å²) in [5, 5.41) is 3.78. The van der Waals surface area contributed by atoms with Crippen LogP contribution in [0.15, 0.2) is 83.9 Å². The number of Topliss-reactive ketones (excluding diaryl/α,β-unsaturated/α-hetero) is 1. The van der Waals surface area contributed by atoms with E-state index in [-0.39, 0.29) is 16.3 Å². The summed E-state index contributed by atoms with van der Waals surface area (Å²) in [4.78, 5) is 44.6. The lowest BCUT2D eigenvalue weighted by Crippen LogP contribution is -2.47. The van der Waals surface area contributed by atoms with Gasteiger partial charge in [0.15, 0.2) is 5.69 Å². The van der Waals surface area contributed by atoms with E-state index in [0.29, 0.717) is 10.9 Å². The quantitative estimate of drug-likeness (QED) is 0.276. The molecule has 4 N–H and O–H groups in total. The summed E-state index contributed by atoms with van der Waals surface area (Å²) >= 11 is 6.09. The number of nitrogens with zero attached hydrogens (tertiary/aromatic N) is 2. The average molecular weight is 538 g/mol. The third-order valence-electron chi connectivity index (χ3n) is 5.36. The fourth-order valence-electron chi connectivity index (χ4n) is 3.55. The predicted octanol–water partition coefficient (Wildman–Crippen LogP) is 2.48. The van der Waals surface area contributed by atoms with Crippen LogP contribution >= 0.6 is 11.6 Å². The number of ketones is 1. The molecule has 0 spiro atoms. The largest absolute Gasteiger partial charge is 0.363 e. The van der Waals surface area contributed by atoms with E-state index in [1.54, 1.807) is 48.5 Å². The zero-order chi connectivity index (χ0) is 26.6. The first-order valence-corrected chi connectivity index (χ1v) is 12.7. The van der Waals surface area contributed by atoms with Gasteiger partial charge in [-0.25, -0.2) is 23.1 Å². The van der Waals surface area contributed by atoms with Gasteiger partial charge in [0.2, 0.25) is 11.7 Å². The number of hydrogen-bond acceptors (Lipinski definition) is 7. The highest BCUT2D eigenvalue weighted by Crippen LogP contribution is 2.21. The van der Waals surface area contributed by atoms with Crippen LogP contribution < -0.4 is 15.8 Å². The summed E-state index contributed by atoms with van der Waals surface area (Å²) in [5.41, 5.74) is 5.42. The lowest BCUT2D eigenvalue weighted by Gasteiger charge is -2.17. The highest BCUT2D eigenvalue weighted by atomic mass is 35.5. The highest BCUT2D eigenvalue weighted by Gasteiger charge is 2.28. The van der Waals surface area contributed by atoms with Gasteiger partial charge in [-0.05, 0) is 28.5 Å². The lowest BCUT2D eigenvalue weighted by atomic mass is 10.0. The van der Waals surface area contributed by atoms with Crippen LogP contribution in [-0.2, 0) is 26.0 Å². The number of rotatable bonds is 9. The molecule has 1 atom stereocenters. The summed E-state index contributed by atoms with van der Waals surface area (Å²) in [6.07, 6.45) is 1.03. The Hall–Kier alpha value is -4.35. The Kier molecular flexibility index (Phi) is 7.46. The van der Waals surface area contributed by atoms with Crippen molar-refractivity contribution in [3.05, 3.63) is 95.3 Å². The molecule has 2 amide bonds. The zero-order valence-corrected chi connectivity index (χ0v) is 20.7. The standard InChI is InChI=1S/C25H20ClN5O5S/c26-19-14-28-25(31-37(35,36)18-11-10-16-8-4-5-9-17(16)13-18)30-21(19)24(34)29-20(22(32)23(27)33)12-15-6-2-1-3-7-15/h1-11,13-14,20H,12H2,(H2,27,33)(H,29,34)(H,28,30,31). The molecular weight excluding hydrogens is 518 g/mol. The van der Waals surface area contributed by atoms with Gasteiger partial charge in [0, 0.05) is 6.42 Å². The predicted molar refractivity (Wildman–Crippen MR) is 137 cm³/mol. The summed E-state index contributed by atoms with van der Waals surface area (Å²) in [6.45, 7) is 0. The minimum atomic E-state index is -4.11. The molecule has 188 valence electrons. The minimum absolute atomic E-state index is 0.0154. The first-order valence-electron chi connectivity index (χ1n) is 10.9. The molecule has 12 heteroatoms. The number of amides is 2. The number of benzene rings is 3. The van der Waals surface area contributed by atoms with E-state index in [2.05, 4.69) is 20.0 Å². The second kappa shape index (κ2) is 10.7. The number of sulfonamides is 1. The molecule has 0 bridgehead atoms. The summed E-state index contributed by atoms with van der Waals surface area (Å²) in [6, 6.07) is 19.2. The molecule has 4 rings (SSSR count). The third-order valence-corrected chi connectivity index (χ3v) is 6.97. The number of hydrogen-bond donors (Lipinski definition) is 3. The second-order valence-electron chi connectivity index (χ2n) is 7.95. The molecular formula is C25H20ClN5O5S. The number of carbonyl (C=O) groups excluding carboxylic acids is 3. The van der Waals surface area contributed by atoms with Crippen LogP contribution in [-0.4, -0.2) is 42.0 Å². The molecule has 3 aromatic carbocycles. The Labute approximate surface area is 216 Å². The summed E-state index contributed by atoms with van der Waals surface area (Å²) < 4.78 is 28.1. The first kappa shape index (κ1) is 25.7. The smallest absolute Gasteiger partial charge is 0.287 e. The van der Waals surface area contributed by atoms with Crippen molar-refractivity contribution in [3.8, 4) is 0 Å². The van der Waals surface area contributed by atoms with Crippen molar-refractivity contribution < 1.29 is 22.8 Å². The van der Waals surface area contributed by atoms with Gasteiger partial charge in [0.25, 0.3) is 21.8 Å². The van der Waals surface area contributed by atoms with Crippen LogP contribution in [0, 0.1) is 0 Å². The van der Waals surface area contributed by atoms with Crippen molar-refractivity contribution in [1.29, 1.82) is 0 Å². The molecule has 1 unspecified atom stereocenters. The summed E-state index contributed by atoms with van der Waals surface area (Å²) in [7, 11) is -4.11. The molecule has 0 radical (unpaired) electrons. The number of aromatic nitrogens is 2. The van der Waals surface area contributed by atoms with Crippen molar-refractivity contribution >= 4 is 55.9 Å². The minimum Gasteiger partial charge on any atom is -0.363 e. The van der Waals surface area contributed by atoms with E-state index in [1.165, 1.54) is 12.1 Å². The van der Waals surface area contributed by atoms with Gasteiger partial charge in [0.1, 0.15) is 6.04 Å². The maximum atomic E-state index is 13.0. The Morgan fingerprint density at radius 1 is 0.946 bits per heavy atom. The average Bonchev–Trinajstić information content (AvgIpc) is 2.89. The number of anilines is 1. The molecule has 0 aliphatic rings. The van der Waals surface area contributed by atoms with E-state index in [9.17, 15) is 22.8 Å². The van der Waals surface area contributed by atoms with Gasteiger partial charge < -0.3 is 11.1 Å². The maximum Gasteiger partial charge on any atom is 0.287 e. The van der Waals surface area contributed by atoms with E-state index in [1.807, 2.05) is 12.1 Å². The Morgan fingerprint density at radius 2 is 1.62 bits per heavy atom. The topological polar surface area (TPSA) is 161 Å². The Bertz CT molecular complexity index is 1610. The van der Waals surface area contributed by atoms with Crippen LogP contribution in [0.3, 0.4) is 0 Å². The Balaban J connectivity index is 1.58. The van der Waals surface area contributed by atoms with Gasteiger partial charge in [0.05, 0.1) is 16.1 Å². The summed E-state index contributed by atoms with van der Waals surface area (Å²) in [5.74, 6) is -3.57. The number of carbonyl (C=O) groups is 3. The first-order chi connectivity index (χ1) is 17.6. The zero-order valence-electron chi connectivity index (χ0n) is 19.1. The molecule has 37 heavy (non-hydrogen) atoms. The molecule has 1 aromatic heterocycles. The van der Waals surface area contributed by atoms with Crippen molar-refractivity contribution in [1.82, 2.24) is 15.3 Å². The molecule has 10 nitrogen and oxygen atoms in total. The number of nitrogens with one attached hydrogen (secondary N) is 2. The maximum absolute atomic E-state index is 13.0. The van der Waals surface area contributed by atoms with Crippen molar-refractivity contribution in [2.45, 2.75) is 17.4 Å². The molecule has 0 saturated carbocycles. The van der Waals surface area contributed by atoms with Crippen LogP contribution in [0.1, 0.15) is 16.1 Å². The number of primary amides is 1. The SMILES string of the molecule is NC(=O)C(=O)C(Cc1ccccc1)NC(=O)c1nc(NS(=O)(=O)c2ccc3ccccc3c2)ncc1Cl. The van der Waals surface area contributed by atoms with Gasteiger partial charge in [-0.1, -0.05) is 72.3 Å². The second-order valence-corrected chi connectivity index (χ2v) is 10.0. The van der Waals surface area contributed by atoms with E-state index in [4.69, 9.17) is 17.3 Å². The van der Waals surface area contributed by atoms with Crippen LogP contribution in [0.5, 0.6) is 0 Å². The molecule has 0 saturated heterocycles. The molecule has 0 aliphatic carbocycles. The van der Waals surface area contributed by atoms with Gasteiger partial charge >= 0.3 is 0 Å². The molecule has 0 aliphatic heterocycles. The van der Waals surface area contributed by atoms with E-state index < -0.39 is 45.3 Å². The molecule has 4 aromatic rings. The van der Waals surface area contributed by atoms with E-state index >= 15 is 0 Å². The Morgan fingerprint density at radius 3 is 2.32 bits per heavy atom. The third kappa shape index (κ3) is 6.08. The van der Waals surface area contributed by atoms with Crippen molar-refractivity contribution in [3.63, 3.8) is 0 Å². The lowest BCUT2D eigenvalue weighted by molar-refractivity contribution is -0.137. The van der Waals surface area contributed by atoms with Crippen molar-refractivity contribution in [2.24, 2.45) is 5.73 Å². The van der Waals surface area contributed by atoms with Gasteiger partial charge in [-0.2, -0.15) is 0 Å².